The second kappa shape index (κ2) is 11.0. The van der Waals surface area contributed by atoms with Crippen molar-refractivity contribution in [3.63, 3.8) is 0 Å². The molecule has 2 aromatic carbocycles. The van der Waals surface area contributed by atoms with Crippen molar-refractivity contribution in [2.45, 2.75) is 32.9 Å². The molecule has 30 heavy (non-hydrogen) atoms. The van der Waals surface area contributed by atoms with Gasteiger partial charge < -0.3 is 19.9 Å². The Morgan fingerprint density at radius 1 is 1.00 bits per heavy atom. The van der Waals surface area contributed by atoms with Crippen LogP contribution in [0.15, 0.2) is 59.6 Å². The molecule has 158 valence electrons. The Morgan fingerprint density at radius 3 is 2.43 bits per heavy atom. The molecule has 2 N–H and O–H groups in total. The molecule has 1 heterocycles. The fraction of sp³-hybridized carbons (Fsp3) is 0.348. The fourth-order valence-corrected chi connectivity index (χ4v) is 2.99. The van der Waals surface area contributed by atoms with E-state index in [9.17, 15) is 0 Å². The molecule has 0 spiro atoms. The number of benzene rings is 2. The van der Waals surface area contributed by atoms with Gasteiger partial charge in [-0.15, -0.1) is 10.2 Å². The predicted octanol–water partition coefficient (Wildman–Crippen LogP) is 3.00. The predicted molar refractivity (Wildman–Crippen MR) is 119 cm³/mol. The molecule has 1 aromatic heterocycles. The Hall–Kier alpha value is -3.35. The number of methoxy groups -OCH3 is 1. The van der Waals surface area contributed by atoms with E-state index in [0.29, 0.717) is 13.1 Å². The van der Waals surface area contributed by atoms with Gasteiger partial charge in [-0.2, -0.15) is 0 Å². The van der Waals surface area contributed by atoms with E-state index >= 15 is 0 Å². The molecule has 0 atom stereocenters. The minimum absolute atomic E-state index is 0.560. The van der Waals surface area contributed by atoms with E-state index in [1.165, 1.54) is 5.56 Å². The second-order valence-electron chi connectivity index (χ2n) is 7.10. The maximum Gasteiger partial charge on any atom is 0.191 e. The molecule has 0 aliphatic heterocycles. The summed E-state index contributed by atoms with van der Waals surface area (Å²) in [5, 5.41) is 15.1. The molecule has 0 bridgehead atoms. The van der Waals surface area contributed by atoms with E-state index in [0.717, 1.165) is 48.3 Å². The number of aromatic nitrogens is 3. The lowest BCUT2D eigenvalue weighted by Crippen LogP contribution is -2.38. The van der Waals surface area contributed by atoms with E-state index in [1.807, 2.05) is 48.9 Å². The summed E-state index contributed by atoms with van der Waals surface area (Å²) in [5.74, 6) is 3.37. The van der Waals surface area contributed by atoms with Crippen LogP contribution in [0.3, 0.4) is 0 Å². The highest BCUT2D eigenvalue weighted by molar-refractivity contribution is 5.79. The molecule has 0 fully saturated rings. The number of ether oxygens (including phenoxy) is 1. The van der Waals surface area contributed by atoms with Crippen LogP contribution >= 0.6 is 0 Å². The Kier molecular flexibility index (Phi) is 7.83. The van der Waals surface area contributed by atoms with E-state index in [1.54, 1.807) is 7.11 Å². The molecule has 3 rings (SSSR count). The summed E-state index contributed by atoms with van der Waals surface area (Å²) >= 11 is 0. The quantitative estimate of drug-likeness (QED) is 0.325. The van der Waals surface area contributed by atoms with Gasteiger partial charge in [0.25, 0.3) is 0 Å². The normalized spacial score (nSPS) is 11.4. The molecular weight excluding hydrogens is 376 g/mol. The summed E-state index contributed by atoms with van der Waals surface area (Å²) in [5.41, 5.74) is 2.47. The Balaban J connectivity index is 1.58. The van der Waals surface area contributed by atoms with Crippen LogP contribution in [0, 0.1) is 6.92 Å². The zero-order chi connectivity index (χ0) is 21.2. The zero-order valence-corrected chi connectivity index (χ0v) is 17.9. The second-order valence-corrected chi connectivity index (χ2v) is 7.10. The maximum absolute atomic E-state index is 5.22. The molecule has 0 amide bonds. The SMILES string of the molecule is COc1ccc(CN=C(NCCCc2ccccc2)NCc2nnc(C)n2C)cc1. The van der Waals surface area contributed by atoms with Gasteiger partial charge in [0.2, 0.25) is 0 Å². The lowest BCUT2D eigenvalue weighted by molar-refractivity contribution is 0.414. The lowest BCUT2D eigenvalue weighted by atomic mass is 10.1. The van der Waals surface area contributed by atoms with Crippen molar-refractivity contribution in [1.29, 1.82) is 0 Å². The zero-order valence-electron chi connectivity index (χ0n) is 17.9. The summed E-state index contributed by atoms with van der Waals surface area (Å²) in [6.45, 7) is 3.92. The van der Waals surface area contributed by atoms with Crippen LogP contribution in [0.25, 0.3) is 0 Å². The third-order valence-electron chi connectivity index (χ3n) is 4.95. The highest BCUT2D eigenvalue weighted by atomic mass is 16.5. The molecule has 0 unspecified atom stereocenters. The van der Waals surface area contributed by atoms with Crippen LogP contribution in [0.1, 0.15) is 29.2 Å². The minimum Gasteiger partial charge on any atom is -0.497 e. The van der Waals surface area contributed by atoms with Gasteiger partial charge in [-0.05, 0) is 43.0 Å². The Labute approximate surface area is 178 Å². The highest BCUT2D eigenvalue weighted by Gasteiger charge is 2.06. The number of guanidine groups is 1. The third-order valence-corrected chi connectivity index (χ3v) is 4.95. The molecule has 0 saturated carbocycles. The smallest absolute Gasteiger partial charge is 0.191 e. The van der Waals surface area contributed by atoms with Crippen molar-refractivity contribution in [2.24, 2.45) is 12.0 Å². The van der Waals surface area contributed by atoms with Crippen LogP contribution in [0.2, 0.25) is 0 Å². The first-order chi connectivity index (χ1) is 14.7. The largest absolute Gasteiger partial charge is 0.497 e. The summed E-state index contributed by atoms with van der Waals surface area (Å²) in [7, 11) is 3.64. The third kappa shape index (κ3) is 6.34. The van der Waals surface area contributed by atoms with Crippen molar-refractivity contribution < 1.29 is 4.74 Å². The Morgan fingerprint density at radius 2 is 1.77 bits per heavy atom. The van der Waals surface area contributed by atoms with Crippen LogP contribution in [0.5, 0.6) is 5.75 Å². The van der Waals surface area contributed by atoms with E-state index < -0.39 is 0 Å². The van der Waals surface area contributed by atoms with Gasteiger partial charge in [0.15, 0.2) is 11.8 Å². The topological polar surface area (TPSA) is 76.4 Å². The molecule has 0 aliphatic carbocycles. The summed E-state index contributed by atoms with van der Waals surface area (Å²) < 4.78 is 7.20. The van der Waals surface area contributed by atoms with Crippen molar-refractivity contribution in [1.82, 2.24) is 25.4 Å². The van der Waals surface area contributed by atoms with E-state index in [4.69, 9.17) is 9.73 Å². The van der Waals surface area contributed by atoms with Crippen molar-refractivity contribution >= 4 is 5.96 Å². The lowest BCUT2D eigenvalue weighted by Gasteiger charge is -2.13. The number of nitrogens with one attached hydrogen (secondary N) is 2. The van der Waals surface area contributed by atoms with Crippen LogP contribution in [0.4, 0.5) is 0 Å². The molecule has 0 radical (unpaired) electrons. The van der Waals surface area contributed by atoms with Gasteiger partial charge in [-0.1, -0.05) is 42.5 Å². The number of aryl methyl sites for hydroxylation is 2. The van der Waals surface area contributed by atoms with Crippen LogP contribution < -0.4 is 15.4 Å². The average Bonchev–Trinajstić information content (AvgIpc) is 3.11. The van der Waals surface area contributed by atoms with Crippen molar-refractivity contribution in [2.75, 3.05) is 13.7 Å². The van der Waals surface area contributed by atoms with E-state index in [-0.39, 0.29) is 0 Å². The molecule has 7 nitrogen and oxygen atoms in total. The molecule has 7 heteroatoms. The molecular formula is C23H30N6O. The summed E-state index contributed by atoms with van der Waals surface area (Å²) in [4.78, 5) is 4.74. The van der Waals surface area contributed by atoms with E-state index in [2.05, 4.69) is 45.1 Å². The first kappa shape index (κ1) is 21.4. The van der Waals surface area contributed by atoms with Crippen LogP contribution in [-0.2, 0) is 26.6 Å². The monoisotopic (exact) mass is 406 g/mol. The number of nitrogens with zero attached hydrogens (tertiary/aromatic N) is 4. The summed E-state index contributed by atoms with van der Waals surface area (Å²) in [6.07, 6.45) is 2.05. The maximum atomic E-state index is 5.22. The van der Waals surface area contributed by atoms with Crippen molar-refractivity contribution in [3.05, 3.63) is 77.4 Å². The van der Waals surface area contributed by atoms with Gasteiger partial charge in [0.05, 0.1) is 20.2 Å². The van der Waals surface area contributed by atoms with Gasteiger partial charge in [-0.25, -0.2) is 4.99 Å². The number of hydrogen-bond acceptors (Lipinski definition) is 4. The van der Waals surface area contributed by atoms with Crippen LogP contribution in [-0.4, -0.2) is 34.4 Å². The fourth-order valence-electron chi connectivity index (χ4n) is 2.99. The average molecular weight is 407 g/mol. The molecule has 3 aromatic rings. The van der Waals surface area contributed by atoms with Gasteiger partial charge in [0, 0.05) is 13.6 Å². The van der Waals surface area contributed by atoms with Gasteiger partial charge in [-0.3, -0.25) is 0 Å². The molecule has 0 saturated heterocycles. The standard InChI is InChI=1S/C23H30N6O/c1-18-27-28-22(29(18)2)17-26-23(24-15-7-10-19-8-5-4-6-9-19)25-16-20-11-13-21(30-3)14-12-20/h4-6,8-9,11-14H,7,10,15-17H2,1-3H3,(H2,24,25,26). The Bertz CT molecular complexity index is 934. The highest BCUT2D eigenvalue weighted by Crippen LogP contribution is 2.12. The van der Waals surface area contributed by atoms with Gasteiger partial charge in [0.1, 0.15) is 11.6 Å². The van der Waals surface area contributed by atoms with Gasteiger partial charge >= 0.3 is 0 Å². The van der Waals surface area contributed by atoms with Crippen molar-refractivity contribution in [3.8, 4) is 5.75 Å². The summed E-state index contributed by atoms with van der Waals surface area (Å²) in [6, 6.07) is 18.5. The number of rotatable bonds is 9. The number of hydrogen-bond donors (Lipinski definition) is 2. The minimum atomic E-state index is 0.560. The molecule has 0 aliphatic rings. The first-order valence-electron chi connectivity index (χ1n) is 10.2. The first-order valence-corrected chi connectivity index (χ1v) is 10.2. The number of aliphatic imine (C=N–C) groups is 1.